The second-order valence-electron chi connectivity index (χ2n) is 7.07. The minimum atomic E-state index is -0.904. The predicted molar refractivity (Wildman–Crippen MR) is 111 cm³/mol. The van der Waals surface area contributed by atoms with Crippen LogP contribution in [-0.4, -0.2) is 20.9 Å². The number of carbonyl (C=O) groups is 1. The van der Waals surface area contributed by atoms with Gasteiger partial charge >= 0.3 is 5.97 Å². The van der Waals surface area contributed by atoms with E-state index in [-0.39, 0.29) is 0 Å². The number of hydrogen-bond acceptors (Lipinski definition) is 2. The van der Waals surface area contributed by atoms with Gasteiger partial charge in [0.05, 0.1) is 6.20 Å². The Labute approximate surface area is 162 Å². The van der Waals surface area contributed by atoms with Gasteiger partial charge in [0, 0.05) is 11.8 Å². The zero-order chi connectivity index (χ0) is 19.3. The van der Waals surface area contributed by atoms with Gasteiger partial charge in [-0.1, -0.05) is 94.4 Å². The maximum Gasteiger partial charge on any atom is 0.333 e. The van der Waals surface area contributed by atoms with E-state index >= 15 is 0 Å². The maximum atomic E-state index is 11.7. The number of unbranched alkanes of at least 4 members (excludes halogenated alkanes) is 8. The fraction of sp³-hybridized carbons (Fsp3) is 0.478. The van der Waals surface area contributed by atoms with Crippen molar-refractivity contribution in [1.82, 2.24) is 9.78 Å². The Balaban J connectivity index is 1.76. The topological polar surface area (TPSA) is 55.1 Å². The van der Waals surface area contributed by atoms with E-state index in [0.717, 1.165) is 17.5 Å². The van der Waals surface area contributed by atoms with Gasteiger partial charge in [0.15, 0.2) is 6.04 Å². The Morgan fingerprint density at radius 2 is 1.74 bits per heavy atom. The highest BCUT2D eigenvalue weighted by atomic mass is 16.4. The van der Waals surface area contributed by atoms with Gasteiger partial charge in [0.2, 0.25) is 0 Å². The molecule has 2 rings (SSSR count). The van der Waals surface area contributed by atoms with Crippen LogP contribution in [0.1, 0.15) is 81.9 Å². The molecular formula is C23H32N2O2. The van der Waals surface area contributed by atoms with E-state index < -0.39 is 12.0 Å². The molecule has 4 heteroatoms. The van der Waals surface area contributed by atoms with Gasteiger partial charge in [-0.2, -0.15) is 5.10 Å². The molecule has 1 N–H and O–H groups in total. The minimum Gasteiger partial charge on any atom is -0.479 e. The summed E-state index contributed by atoms with van der Waals surface area (Å²) in [6.45, 7) is 2.25. The second-order valence-corrected chi connectivity index (χ2v) is 7.07. The summed E-state index contributed by atoms with van der Waals surface area (Å²) in [6.07, 6.45) is 19.4. The van der Waals surface area contributed by atoms with Gasteiger partial charge in [-0.05, 0) is 18.4 Å². The molecule has 1 aromatic carbocycles. The molecule has 0 aliphatic heterocycles. The van der Waals surface area contributed by atoms with Crippen molar-refractivity contribution in [2.24, 2.45) is 0 Å². The summed E-state index contributed by atoms with van der Waals surface area (Å²) in [5, 5.41) is 13.8. The second kappa shape index (κ2) is 12.1. The van der Waals surface area contributed by atoms with Crippen LogP contribution in [0.25, 0.3) is 6.08 Å². The third-order valence-electron chi connectivity index (χ3n) is 4.77. The van der Waals surface area contributed by atoms with Gasteiger partial charge in [0.1, 0.15) is 0 Å². The molecule has 0 saturated heterocycles. The monoisotopic (exact) mass is 368 g/mol. The molecule has 0 aliphatic rings. The van der Waals surface area contributed by atoms with Crippen molar-refractivity contribution in [3.63, 3.8) is 0 Å². The van der Waals surface area contributed by atoms with Crippen LogP contribution in [0.5, 0.6) is 0 Å². The average Bonchev–Trinajstić information content (AvgIpc) is 3.12. The third-order valence-corrected chi connectivity index (χ3v) is 4.77. The number of aliphatic carboxylic acids is 1. The van der Waals surface area contributed by atoms with Crippen LogP contribution in [0.4, 0.5) is 0 Å². The molecule has 2 aromatic rings. The first-order valence-electron chi connectivity index (χ1n) is 10.2. The van der Waals surface area contributed by atoms with Crippen LogP contribution >= 0.6 is 0 Å². The van der Waals surface area contributed by atoms with Gasteiger partial charge < -0.3 is 5.11 Å². The highest BCUT2D eigenvalue weighted by Gasteiger charge is 2.22. The first-order valence-corrected chi connectivity index (χ1v) is 10.2. The summed E-state index contributed by atoms with van der Waals surface area (Å²) in [4.78, 5) is 11.7. The lowest BCUT2D eigenvalue weighted by molar-refractivity contribution is -0.139. The van der Waals surface area contributed by atoms with Crippen molar-refractivity contribution < 1.29 is 9.90 Å². The molecule has 146 valence electrons. The van der Waals surface area contributed by atoms with E-state index in [1.807, 2.05) is 36.4 Å². The van der Waals surface area contributed by atoms with E-state index in [2.05, 4.69) is 18.1 Å². The Kier molecular flexibility index (Phi) is 9.39. The quantitative estimate of drug-likeness (QED) is 0.435. The lowest BCUT2D eigenvalue weighted by Crippen LogP contribution is -2.20. The number of carboxylic acids is 1. The van der Waals surface area contributed by atoms with Crippen molar-refractivity contribution in [2.45, 2.75) is 70.8 Å². The lowest BCUT2D eigenvalue weighted by Gasteiger charge is -2.12. The number of hydrogen-bond donors (Lipinski definition) is 1. The van der Waals surface area contributed by atoms with Crippen molar-refractivity contribution in [1.29, 1.82) is 0 Å². The lowest BCUT2D eigenvalue weighted by atomic mass is 10.1. The molecule has 1 atom stereocenters. The van der Waals surface area contributed by atoms with E-state index in [4.69, 9.17) is 0 Å². The maximum absolute atomic E-state index is 11.7. The summed E-state index contributed by atoms with van der Waals surface area (Å²) in [5.41, 5.74) is 1.67. The molecule has 0 saturated carbocycles. The van der Waals surface area contributed by atoms with Gasteiger partial charge in [0.25, 0.3) is 0 Å². The Morgan fingerprint density at radius 3 is 2.41 bits per heavy atom. The highest BCUT2D eigenvalue weighted by Crippen LogP contribution is 2.19. The molecule has 1 aromatic heterocycles. The molecule has 27 heavy (non-hydrogen) atoms. The highest BCUT2D eigenvalue weighted by molar-refractivity contribution is 5.76. The van der Waals surface area contributed by atoms with Crippen LogP contribution < -0.4 is 0 Å². The normalized spacial score (nSPS) is 12.5. The Bertz CT molecular complexity index is 691. The van der Waals surface area contributed by atoms with Crippen molar-refractivity contribution in [2.75, 3.05) is 0 Å². The van der Waals surface area contributed by atoms with Crippen LogP contribution in [0.2, 0.25) is 0 Å². The van der Waals surface area contributed by atoms with Crippen molar-refractivity contribution in [3.8, 4) is 0 Å². The first-order chi connectivity index (χ1) is 13.2. The standard InChI is InChI=1S/C23H32N2O2/c1-2-3-4-5-6-7-8-9-10-12-15-20-18-24-25(19-20)22(23(26)27)21-16-13-11-14-17-21/h11-19,22H,2-10H2,1H3,(H,26,27)/b15-12+. The zero-order valence-corrected chi connectivity index (χ0v) is 16.4. The molecule has 4 nitrogen and oxygen atoms in total. The molecule has 0 fully saturated rings. The van der Waals surface area contributed by atoms with E-state index in [9.17, 15) is 9.90 Å². The number of rotatable bonds is 13. The van der Waals surface area contributed by atoms with Gasteiger partial charge in [-0.3, -0.25) is 4.68 Å². The number of benzene rings is 1. The van der Waals surface area contributed by atoms with Crippen molar-refractivity contribution in [3.05, 3.63) is 59.9 Å². The summed E-state index contributed by atoms with van der Waals surface area (Å²) >= 11 is 0. The van der Waals surface area contributed by atoms with Gasteiger partial charge in [-0.15, -0.1) is 0 Å². The fourth-order valence-corrected chi connectivity index (χ4v) is 3.24. The molecular weight excluding hydrogens is 336 g/mol. The summed E-state index contributed by atoms with van der Waals surface area (Å²) < 4.78 is 1.52. The first kappa shape index (κ1) is 20.9. The number of aromatic nitrogens is 2. The minimum absolute atomic E-state index is 0.725. The number of nitrogens with zero attached hydrogens (tertiary/aromatic N) is 2. The SMILES string of the molecule is CCCCCCCCCC/C=C/c1cnn(C(C(=O)O)c2ccccc2)c1. The Morgan fingerprint density at radius 1 is 1.07 bits per heavy atom. The molecule has 0 spiro atoms. The average molecular weight is 369 g/mol. The van der Waals surface area contributed by atoms with Crippen molar-refractivity contribution >= 4 is 12.0 Å². The Hall–Kier alpha value is -2.36. The van der Waals surface area contributed by atoms with E-state index in [1.54, 1.807) is 12.4 Å². The molecule has 0 amide bonds. The summed E-state index contributed by atoms with van der Waals surface area (Å²) in [6, 6.07) is 8.42. The van der Waals surface area contributed by atoms with E-state index in [0.29, 0.717) is 0 Å². The molecule has 0 radical (unpaired) electrons. The van der Waals surface area contributed by atoms with Crippen LogP contribution in [0, 0.1) is 0 Å². The zero-order valence-electron chi connectivity index (χ0n) is 16.4. The number of allylic oxidation sites excluding steroid dienone is 1. The van der Waals surface area contributed by atoms with Crippen LogP contribution in [0.3, 0.4) is 0 Å². The molecule has 0 aliphatic carbocycles. The van der Waals surface area contributed by atoms with Crippen LogP contribution in [-0.2, 0) is 4.79 Å². The van der Waals surface area contributed by atoms with Gasteiger partial charge in [-0.25, -0.2) is 4.79 Å². The molecule has 0 bridgehead atoms. The summed E-state index contributed by atoms with van der Waals surface area (Å²) in [7, 11) is 0. The number of carboxylic acid groups (broad SMARTS) is 1. The predicted octanol–water partition coefficient (Wildman–Crippen LogP) is 6.10. The fourth-order valence-electron chi connectivity index (χ4n) is 3.24. The third kappa shape index (κ3) is 7.41. The summed E-state index contributed by atoms with van der Waals surface area (Å²) in [5.74, 6) is -0.904. The largest absolute Gasteiger partial charge is 0.479 e. The molecule has 1 heterocycles. The van der Waals surface area contributed by atoms with E-state index in [1.165, 1.54) is 56.0 Å². The smallest absolute Gasteiger partial charge is 0.333 e. The molecule has 1 unspecified atom stereocenters. The van der Waals surface area contributed by atoms with Crippen LogP contribution in [0.15, 0.2) is 48.8 Å².